The first-order chi connectivity index (χ1) is 9.36. The summed E-state index contributed by atoms with van der Waals surface area (Å²) in [5.41, 5.74) is 7.01. The Morgan fingerprint density at radius 3 is 2.85 bits per heavy atom. The van der Waals surface area contributed by atoms with Crippen LogP contribution < -0.4 is 5.73 Å². The Morgan fingerprint density at radius 2 is 2.20 bits per heavy atom. The van der Waals surface area contributed by atoms with E-state index < -0.39 is 10.0 Å². The van der Waals surface area contributed by atoms with E-state index in [-0.39, 0.29) is 0 Å². The average Bonchev–Trinajstić information content (AvgIpc) is 2.42. The summed E-state index contributed by atoms with van der Waals surface area (Å²) in [5, 5.41) is 0.378. The van der Waals surface area contributed by atoms with E-state index in [2.05, 4.69) is 22.9 Å². The third-order valence-corrected chi connectivity index (χ3v) is 7.36. The summed E-state index contributed by atoms with van der Waals surface area (Å²) in [5.74, 6) is 0.847. The van der Waals surface area contributed by atoms with Gasteiger partial charge in [0.05, 0.1) is 4.90 Å². The van der Waals surface area contributed by atoms with Gasteiger partial charge in [0.15, 0.2) is 0 Å². The molecule has 1 aromatic rings. The number of benzene rings is 1. The van der Waals surface area contributed by atoms with Gasteiger partial charge in [-0.25, -0.2) is 8.42 Å². The Hall–Kier alpha value is -0.240. The number of halogens is 1. The molecule has 1 aliphatic rings. The van der Waals surface area contributed by atoms with Crippen LogP contribution in [0.2, 0.25) is 0 Å². The van der Waals surface area contributed by atoms with Crippen molar-refractivity contribution in [1.29, 1.82) is 0 Å². The summed E-state index contributed by atoms with van der Waals surface area (Å²) in [6, 6.07) is 3.37. The van der Waals surface area contributed by atoms with Crippen LogP contribution in [0, 0.1) is 6.92 Å². The van der Waals surface area contributed by atoms with Gasteiger partial charge in [0, 0.05) is 34.3 Å². The van der Waals surface area contributed by atoms with E-state index >= 15 is 0 Å². The van der Waals surface area contributed by atoms with Crippen LogP contribution in [0.4, 0.5) is 5.69 Å². The van der Waals surface area contributed by atoms with Crippen molar-refractivity contribution in [1.82, 2.24) is 4.31 Å². The molecule has 0 saturated carbocycles. The molecule has 0 bridgehead atoms. The van der Waals surface area contributed by atoms with E-state index in [1.54, 1.807) is 23.4 Å². The van der Waals surface area contributed by atoms with E-state index in [0.717, 1.165) is 12.2 Å². The van der Waals surface area contributed by atoms with Gasteiger partial charge in [0.1, 0.15) is 0 Å². The van der Waals surface area contributed by atoms with Gasteiger partial charge in [-0.1, -0.05) is 22.9 Å². The number of nitrogens with two attached hydrogens (primary N) is 1. The number of hydrogen-bond acceptors (Lipinski definition) is 4. The Balaban J connectivity index is 2.40. The third-order valence-electron chi connectivity index (χ3n) is 3.54. The van der Waals surface area contributed by atoms with Gasteiger partial charge in [-0.05, 0) is 31.0 Å². The monoisotopic (exact) mass is 378 g/mol. The molecule has 0 amide bonds. The number of nitrogens with zero attached hydrogens (tertiary/aromatic N) is 1. The van der Waals surface area contributed by atoms with Gasteiger partial charge in [-0.2, -0.15) is 16.1 Å². The lowest BCUT2D eigenvalue weighted by Gasteiger charge is -2.31. The molecule has 0 aromatic heterocycles. The van der Waals surface area contributed by atoms with Crippen molar-refractivity contribution < 1.29 is 8.42 Å². The average molecular weight is 379 g/mol. The molecule has 1 atom stereocenters. The quantitative estimate of drug-likeness (QED) is 0.821. The second kappa shape index (κ2) is 6.25. The molecule has 1 saturated heterocycles. The summed E-state index contributed by atoms with van der Waals surface area (Å²) in [6.07, 6.45) is 0.982. The Kier molecular flexibility index (Phi) is 5.05. The molecule has 1 aliphatic heterocycles. The molecule has 7 heteroatoms. The minimum absolute atomic E-state index is 0.311. The second-order valence-corrected chi connectivity index (χ2v) is 9.11. The van der Waals surface area contributed by atoms with Crippen LogP contribution in [-0.2, 0) is 10.0 Å². The maximum absolute atomic E-state index is 12.8. The van der Waals surface area contributed by atoms with Crippen molar-refractivity contribution in [3.8, 4) is 0 Å². The lowest BCUT2D eigenvalue weighted by Crippen LogP contribution is -2.41. The smallest absolute Gasteiger partial charge is 0.243 e. The van der Waals surface area contributed by atoms with Crippen LogP contribution in [0.1, 0.15) is 18.9 Å². The van der Waals surface area contributed by atoms with Crippen molar-refractivity contribution >= 4 is 43.4 Å². The summed E-state index contributed by atoms with van der Waals surface area (Å²) in [6.45, 7) is 4.99. The van der Waals surface area contributed by atoms with Gasteiger partial charge in [-0.3, -0.25) is 0 Å². The number of hydrogen-bond donors (Lipinski definition) is 1. The number of sulfonamides is 1. The molecular weight excluding hydrogens is 360 g/mol. The first kappa shape index (κ1) is 16.1. The van der Waals surface area contributed by atoms with Crippen LogP contribution in [0.25, 0.3) is 0 Å². The van der Waals surface area contributed by atoms with Crippen LogP contribution in [0.15, 0.2) is 21.5 Å². The normalized spacial score (nSPS) is 21.1. The zero-order valence-corrected chi connectivity index (χ0v) is 14.8. The molecule has 0 spiro atoms. The highest BCUT2D eigenvalue weighted by atomic mass is 79.9. The lowest BCUT2D eigenvalue weighted by atomic mass is 10.2. The predicted octanol–water partition coefficient (Wildman–Crippen LogP) is 2.86. The maximum atomic E-state index is 12.8. The minimum Gasteiger partial charge on any atom is -0.398 e. The topological polar surface area (TPSA) is 63.4 Å². The molecule has 1 unspecified atom stereocenters. The molecule has 1 aromatic carbocycles. The standard InChI is InChI=1S/C13H19BrN2O2S2/c1-3-11-8-16(4-5-19-11)20(17,18)13-7-10(14)6-12(15)9(13)2/h6-7,11H,3-5,8,15H2,1-2H3. The van der Waals surface area contributed by atoms with Crippen LogP contribution in [-0.4, -0.2) is 36.8 Å². The molecular formula is C13H19BrN2O2S2. The molecule has 4 nitrogen and oxygen atoms in total. The van der Waals surface area contributed by atoms with Gasteiger partial charge < -0.3 is 5.73 Å². The van der Waals surface area contributed by atoms with E-state index in [9.17, 15) is 8.42 Å². The highest BCUT2D eigenvalue weighted by Gasteiger charge is 2.31. The first-order valence-electron chi connectivity index (χ1n) is 6.53. The molecule has 0 aliphatic carbocycles. The molecule has 1 heterocycles. The Morgan fingerprint density at radius 1 is 1.50 bits per heavy atom. The van der Waals surface area contributed by atoms with E-state index in [1.165, 1.54) is 0 Å². The maximum Gasteiger partial charge on any atom is 0.243 e. The van der Waals surface area contributed by atoms with Gasteiger partial charge in [0.2, 0.25) is 10.0 Å². The first-order valence-corrected chi connectivity index (χ1v) is 9.81. The van der Waals surface area contributed by atoms with Crippen LogP contribution in [0.3, 0.4) is 0 Å². The largest absolute Gasteiger partial charge is 0.398 e. The highest BCUT2D eigenvalue weighted by Crippen LogP contribution is 2.31. The molecule has 20 heavy (non-hydrogen) atoms. The summed E-state index contributed by atoms with van der Waals surface area (Å²) in [7, 11) is -3.47. The van der Waals surface area contributed by atoms with E-state index in [0.29, 0.717) is 39.0 Å². The Labute approximate surface area is 133 Å². The van der Waals surface area contributed by atoms with Crippen molar-refractivity contribution in [3.05, 3.63) is 22.2 Å². The molecule has 2 N–H and O–H groups in total. The fraction of sp³-hybridized carbons (Fsp3) is 0.538. The van der Waals surface area contributed by atoms with Crippen molar-refractivity contribution in [2.75, 3.05) is 24.6 Å². The van der Waals surface area contributed by atoms with Crippen molar-refractivity contribution in [2.45, 2.75) is 30.4 Å². The predicted molar refractivity (Wildman–Crippen MR) is 88.6 cm³/mol. The molecule has 2 rings (SSSR count). The third kappa shape index (κ3) is 3.16. The van der Waals surface area contributed by atoms with Gasteiger partial charge in [0.25, 0.3) is 0 Å². The Bertz CT molecular complexity index is 605. The highest BCUT2D eigenvalue weighted by molar-refractivity contribution is 9.10. The molecule has 112 valence electrons. The van der Waals surface area contributed by atoms with Gasteiger partial charge >= 0.3 is 0 Å². The van der Waals surface area contributed by atoms with E-state index in [4.69, 9.17) is 5.73 Å². The minimum atomic E-state index is -3.47. The SMILES string of the molecule is CCC1CN(S(=O)(=O)c2cc(Br)cc(N)c2C)CCS1. The van der Waals surface area contributed by atoms with Crippen LogP contribution >= 0.6 is 27.7 Å². The zero-order chi connectivity index (χ0) is 14.9. The zero-order valence-electron chi connectivity index (χ0n) is 11.6. The summed E-state index contributed by atoms with van der Waals surface area (Å²) >= 11 is 5.17. The summed E-state index contributed by atoms with van der Waals surface area (Å²) in [4.78, 5) is 0.311. The van der Waals surface area contributed by atoms with Crippen molar-refractivity contribution in [3.63, 3.8) is 0 Å². The second-order valence-electron chi connectivity index (χ2n) is 4.88. The van der Waals surface area contributed by atoms with E-state index in [1.807, 2.05) is 11.8 Å². The number of anilines is 1. The lowest BCUT2D eigenvalue weighted by molar-refractivity contribution is 0.415. The number of thioether (sulfide) groups is 1. The van der Waals surface area contributed by atoms with Crippen LogP contribution in [0.5, 0.6) is 0 Å². The summed E-state index contributed by atoms with van der Waals surface area (Å²) < 4.78 is 27.9. The van der Waals surface area contributed by atoms with Gasteiger partial charge in [-0.15, -0.1) is 0 Å². The number of nitrogen functional groups attached to an aromatic ring is 1. The fourth-order valence-electron chi connectivity index (χ4n) is 2.24. The molecule has 1 fully saturated rings. The number of rotatable bonds is 3. The fourth-order valence-corrected chi connectivity index (χ4v) is 6.02. The van der Waals surface area contributed by atoms with Crippen molar-refractivity contribution in [2.24, 2.45) is 0 Å². The molecule has 0 radical (unpaired) electrons.